The summed E-state index contributed by atoms with van der Waals surface area (Å²) in [5.41, 5.74) is 10.7. The summed E-state index contributed by atoms with van der Waals surface area (Å²) in [6.45, 7) is 12.8. The van der Waals surface area contributed by atoms with Gasteiger partial charge in [0.1, 0.15) is 5.82 Å². The van der Waals surface area contributed by atoms with Crippen LogP contribution >= 0.6 is 11.3 Å². The second kappa shape index (κ2) is 7.64. The normalized spacial score (nSPS) is 21.0. The van der Waals surface area contributed by atoms with E-state index in [2.05, 4.69) is 58.9 Å². The molecule has 2 aromatic rings. The van der Waals surface area contributed by atoms with Crippen molar-refractivity contribution in [3.05, 3.63) is 74.4 Å². The first-order chi connectivity index (χ1) is 14.9. The zero-order valence-corrected chi connectivity index (χ0v) is 20.6. The number of aryl methyl sites for hydroxylation is 1. The topological polar surface area (TPSA) is 70.1 Å². The lowest BCUT2D eigenvalue weighted by atomic mass is 9.69. The van der Waals surface area contributed by atoms with Crippen LogP contribution in [0.1, 0.15) is 68.7 Å². The van der Waals surface area contributed by atoms with E-state index in [1.54, 1.807) is 11.3 Å². The highest BCUT2D eigenvalue weighted by molar-refractivity contribution is 7.12. The Morgan fingerprint density at radius 3 is 2.50 bits per heavy atom. The highest BCUT2D eigenvalue weighted by atomic mass is 32.1. The van der Waals surface area contributed by atoms with E-state index in [0.29, 0.717) is 17.8 Å². The molecule has 5 heteroatoms. The van der Waals surface area contributed by atoms with Crippen LogP contribution in [-0.2, 0) is 10.2 Å². The van der Waals surface area contributed by atoms with E-state index in [1.807, 2.05) is 30.0 Å². The monoisotopic (exact) mass is 445 g/mol. The van der Waals surface area contributed by atoms with E-state index in [-0.39, 0.29) is 16.6 Å². The summed E-state index contributed by atoms with van der Waals surface area (Å²) in [5, 5.41) is 10.2. The van der Waals surface area contributed by atoms with Crippen molar-refractivity contribution in [2.75, 3.05) is 4.90 Å². The van der Waals surface area contributed by atoms with Gasteiger partial charge in [0, 0.05) is 33.1 Å². The summed E-state index contributed by atoms with van der Waals surface area (Å²) in [5.74, 6) is 0.142. The van der Waals surface area contributed by atoms with Gasteiger partial charge in [-0.1, -0.05) is 46.8 Å². The standard InChI is InChI=1S/C27H31N3OS/c1-16-8-7-9-17(12-16)30-19-13-27(5,6)14-20(31)24(19)23(18(15-28)25(30)29)21-10-11-22(32-21)26(2,3)4/h7-12,23H,13-14,29H2,1-6H3. The van der Waals surface area contributed by atoms with Crippen LogP contribution < -0.4 is 10.6 Å². The van der Waals surface area contributed by atoms with E-state index >= 15 is 0 Å². The molecular weight excluding hydrogens is 414 g/mol. The number of anilines is 1. The lowest BCUT2D eigenvalue weighted by molar-refractivity contribution is -0.118. The maximum Gasteiger partial charge on any atom is 0.162 e. The zero-order valence-electron chi connectivity index (χ0n) is 19.7. The quantitative estimate of drug-likeness (QED) is 0.589. The number of nitrogens with two attached hydrogens (primary N) is 1. The Kier molecular flexibility index (Phi) is 5.33. The van der Waals surface area contributed by atoms with E-state index in [4.69, 9.17) is 5.73 Å². The van der Waals surface area contributed by atoms with Crippen LogP contribution in [0, 0.1) is 23.7 Å². The number of carbonyl (C=O) groups is 1. The van der Waals surface area contributed by atoms with Crippen LogP contribution in [0.2, 0.25) is 0 Å². The molecule has 0 saturated carbocycles. The van der Waals surface area contributed by atoms with Crippen molar-refractivity contribution in [2.45, 2.75) is 65.7 Å². The summed E-state index contributed by atoms with van der Waals surface area (Å²) < 4.78 is 0. The molecule has 0 saturated heterocycles. The first-order valence-corrected chi connectivity index (χ1v) is 11.9. The lowest BCUT2D eigenvalue weighted by Crippen LogP contribution is -2.42. The van der Waals surface area contributed by atoms with Crippen LogP contribution in [0.5, 0.6) is 0 Å². The fourth-order valence-corrected chi connectivity index (χ4v) is 5.95. The van der Waals surface area contributed by atoms with Crippen molar-refractivity contribution < 1.29 is 4.79 Å². The van der Waals surface area contributed by atoms with Crippen LogP contribution in [-0.4, -0.2) is 5.78 Å². The predicted octanol–water partition coefficient (Wildman–Crippen LogP) is 6.29. The van der Waals surface area contributed by atoms with Gasteiger partial charge in [0.2, 0.25) is 0 Å². The van der Waals surface area contributed by atoms with E-state index in [9.17, 15) is 10.1 Å². The van der Waals surface area contributed by atoms with Crippen molar-refractivity contribution in [3.63, 3.8) is 0 Å². The van der Waals surface area contributed by atoms with Gasteiger partial charge in [-0.2, -0.15) is 5.26 Å². The van der Waals surface area contributed by atoms with E-state index < -0.39 is 5.92 Å². The fourth-order valence-electron chi connectivity index (χ4n) is 4.77. The average Bonchev–Trinajstić information content (AvgIpc) is 3.16. The predicted molar refractivity (Wildman–Crippen MR) is 131 cm³/mol. The Hall–Kier alpha value is -2.84. The van der Waals surface area contributed by atoms with Gasteiger partial charge in [-0.05, 0) is 54.0 Å². The van der Waals surface area contributed by atoms with Gasteiger partial charge in [-0.25, -0.2) is 0 Å². The molecule has 0 amide bonds. The molecule has 0 bridgehead atoms. The molecule has 2 heterocycles. The molecule has 1 aromatic heterocycles. The van der Waals surface area contributed by atoms with Gasteiger partial charge in [-0.15, -0.1) is 11.3 Å². The van der Waals surface area contributed by atoms with Crippen molar-refractivity contribution in [1.82, 2.24) is 0 Å². The molecular formula is C27H31N3OS. The third-order valence-corrected chi connectivity index (χ3v) is 7.87. The highest BCUT2D eigenvalue weighted by Crippen LogP contribution is 2.51. The summed E-state index contributed by atoms with van der Waals surface area (Å²) in [6.07, 6.45) is 1.20. The van der Waals surface area contributed by atoms with Crippen molar-refractivity contribution in [2.24, 2.45) is 11.1 Å². The molecule has 4 nitrogen and oxygen atoms in total. The maximum atomic E-state index is 13.6. The summed E-state index contributed by atoms with van der Waals surface area (Å²) in [4.78, 5) is 17.8. The summed E-state index contributed by atoms with van der Waals surface area (Å²) >= 11 is 1.68. The molecule has 1 atom stereocenters. The van der Waals surface area contributed by atoms with Gasteiger partial charge in [-0.3, -0.25) is 9.69 Å². The molecule has 4 rings (SSSR count). The van der Waals surface area contributed by atoms with E-state index in [0.717, 1.165) is 33.8 Å². The smallest absolute Gasteiger partial charge is 0.162 e. The number of ketones is 1. The van der Waals surface area contributed by atoms with Gasteiger partial charge >= 0.3 is 0 Å². The van der Waals surface area contributed by atoms with Crippen LogP contribution in [0.15, 0.2) is 59.1 Å². The number of nitriles is 1. The number of hydrogen-bond acceptors (Lipinski definition) is 5. The number of allylic oxidation sites excluding steroid dienone is 3. The van der Waals surface area contributed by atoms with Gasteiger partial charge in [0.05, 0.1) is 17.6 Å². The molecule has 166 valence electrons. The first-order valence-electron chi connectivity index (χ1n) is 11.1. The molecule has 1 aliphatic carbocycles. The number of thiophene rings is 1. The van der Waals surface area contributed by atoms with Gasteiger partial charge in [0.15, 0.2) is 5.78 Å². The van der Waals surface area contributed by atoms with Crippen molar-refractivity contribution in [1.29, 1.82) is 5.26 Å². The van der Waals surface area contributed by atoms with Crippen LogP contribution in [0.25, 0.3) is 0 Å². The fraction of sp³-hybridized carbons (Fsp3) is 0.407. The summed E-state index contributed by atoms with van der Waals surface area (Å²) in [6, 6.07) is 14.6. The van der Waals surface area contributed by atoms with Crippen LogP contribution in [0.3, 0.4) is 0 Å². The third kappa shape index (κ3) is 3.78. The molecule has 1 aromatic carbocycles. The van der Waals surface area contributed by atoms with Gasteiger partial charge < -0.3 is 5.73 Å². The number of rotatable bonds is 2. The molecule has 2 aliphatic rings. The number of hydrogen-bond donors (Lipinski definition) is 1. The van der Waals surface area contributed by atoms with Gasteiger partial charge in [0.25, 0.3) is 0 Å². The maximum absolute atomic E-state index is 13.6. The SMILES string of the molecule is Cc1cccc(N2C(N)=C(C#N)C(c3ccc(C(C)(C)C)s3)C3=C2CC(C)(C)CC3=O)c1. The lowest BCUT2D eigenvalue weighted by Gasteiger charge is -2.43. The minimum atomic E-state index is -0.402. The molecule has 1 unspecified atom stereocenters. The number of carbonyl (C=O) groups excluding carboxylic acids is 1. The largest absolute Gasteiger partial charge is 0.384 e. The number of benzene rings is 1. The molecule has 2 N–H and O–H groups in total. The molecule has 0 radical (unpaired) electrons. The minimum absolute atomic E-state index is 0.00300. The van der Waals surface area contributed by atoms with E-state index in [1.165, 1.54) is 4.88 Å². The summed E-state index contributed by atoms with van der Waals surface area (Å²) in [7, 11) is 0. The Morgan fingerprint density at radius 2 is 1.91 bits per heavy atom. The second-order valence-electron chi connectivity index (χ2n) is 10.8. The molecule has 1 aliphatic heterocycles. The Bertz CT molecular complexity index is 1200. The minimum Gasteiger partial charge on any atom is -0.384 e. The number of nitrogens with zero attached hydrogens (tertiary/aromatic N) is 2. The Labute approximate surface area is 195 Å². The number of Topliss-reactive ketones (excluding diaryl/α,β-unsaturated/α-hetero) is 1. The van der Waals surface area contributed by atoms with Crippen LogP contribution in [0.4, 0.5) is 5.69 Å². The Balaban J connectivity index is 1.98. The Morgan fingerprint density at radius 1 is 1.19 bits per heavy atom. The zero-order chi connectivity index (χ0) is 23.4. The van der Waals surface area contributed by atoms with Crippen molar-refractivity contribution in [3.8, 4) is 6.07 Å². The first kappa shape index (κ1) is 22.4. The highest BCUT2D eigenvalue weighted by Gasteiger charge is 2.45. The molecule has 0 fully saturated rings. The third-order valence-electron chi connectivity index (χ3n) is 6.29. The molecule has 32 heavy (non-hydrogen) atoms. The average molecular weight is 446 g/mol. The second-order valence-corrected chi connectivity index (χ2v) is 11.9. The molecule has 0 spiro atoms. The van der Waals surface area contributed by atoms with Crippen molar-refractivity contribution >= 4 is 22.8 Å².